The minimum Gasteiger partial charge on any atom is -0.352 e. The third-order valence-electron chi connectivity index (χ3n) is 4.16. The molecule has 1 aromatic rings. The van der Waals surface area contributed by atoms with E-state index in [0.29, 0.717) is 18.7 Å². The van der Waals surface area contributed by atoms with Crippen LogP contribution >= 0.6 is 15.9 Å². The van der Waals surface area contributed by atoms with Crippen LogP contribution < -0.4 is 5.32 Å². The molecule has 7 heteroatoms. The molecule has 134 valence electrons. The molecular weight excluding hydrogens is 398 g/mol. The zero-order valence-corrected chi connectivity index (χ0v) is 15.6. The Morgan fingerprint density at radius 3 is 2.73 bits per heavy atom. The summed E-state index contributed by atoms with van der Waals surface area (Å²) < 4.78 is 0.782. The van der Waals surface area contributed by atoms with E-state index in [1.165, 1.54) is 0 Å². The lowest BCUT2D eigenvalue weighted by molar-refractivity contribution is -0.130. The molecule has 1 aromatic carbocycles. The monoisotopic (exact) mass is 415 g/mol. The first-order valence-corrected chi connectivity index (χ1v) is 9.14. The zero-order valence-electron chi connectivity index (χ0n) is 14.0. The number of urea groups is 1. The number of fused-ring (bicyclic) bond motifs is 1. The van der Waals surface area contributed by atoms with Crippen LogP contribution in [0, 0.1) is 5.92 Å². The minimum absolute atomic E-state index is 0.113. The van der Waals surface area contributed by atoms with Crippen molar-refractivity contribution < 1.29 is 14.4 Å². The molecule has 1 N–H and O–H groups in total. The van der Waals surface area contributed by atoms with Crippen molar-refractivity contribution >= 4 is 39.5 Å². The summed E-state index contributed by atoms with van der Waals surface area (Å²) in [5, 5.41) is 2.83. The van der Waals surface area contributed by atoms with E-state index in [0.717, 1.165) is 14.9 Å². The molecule has 0 bridgehead atoms. The van der Waals surface area contributed by atoms with Gasteiger partial charge in [0.05, 0.1) is 5.71 Å². The van der Waals surface area contributed by atoms with Gasteiger partial charge < -0.3 is 5.32 Å². The number of carbonyl (C=O) groups excluding carboxylic acids is 3. The number of aliphatic imine (C=N–C) groups is 1. The number of nitrogens with zero attached hydrogens (tertiary/aromatic N) is 2. The number of hydrogen-bond acceptors (Lipinski definition) is 3. The van der Waals surface area contributed by atoms with E-state index in [2.05, 4.69) is 26.2 Å². The molecule has 0 radical (unpaired) electrons. The fourth-order valence-corrected chi connectivity index (χ4v) is 3.19. The van der Waals surface area contributed by atoms with Crippen molar-refractivity contribution in [3.05, 3.63) is 58.6 Å². The molecule has 1 aliphatic carbocycles. The van der Waals surface area contributed by atoms with Crippen LogP contribution in [0.2, 0.25) is 0 Å². The number of halogens is 1. The normalized spacial score (nSPS) is 19.0. The van der Waals surface area contributed by atoms with Gasteiger partial charge in [0.15, 0.2) is 0 Å². The Morgan fingerprint density at radius 2 is 1.96 bits per heavy atom. The standard InChI is InChI=1S/C19H18BrN3O3/c20-14-8-9-16-15(11-14)18(25)23(19(26)22-16)10-4-7-17(24)21-12-13-5-2-1-3-6-13/h1-3,5-6,8-9,11,15H,4,7,10,12H2,(H,21,24). The lowest BCUT2D eigenvalue weighted by Gasteiger charge is -2.28. The van der Waals surface area contributed by atoms with Crippen molar-refractivity contribution in [2.75, 3.05) is 6.54 Å². The topological polar surface area (TPSA) is 78.8 Å². The maximum absolute atomic E-state index is 12.5. The third-order valence-corrected chi connectivity index (χ3v) is 4.69. The van der Waals surface area contributed by atoms with Gasteiger partial charge in [-0.1, -0.05) is 52.3 Å². The van der Waals surface area contributed by atoms with Crippen molar-refractivity contribution in [2.45, 2.75) is 19.4 Å². The van der Waals surface area contributed by atoms with E-state index in [4.69, 9.17) is 0 Å². The Kier molecular flexibility index (Phi) is 5.78. The molecule has 1 aliphatic heterocycles. The summed E-state index contributed by atoms with van der Waals surface area (Å²) in [6, 6.07) is 9.05. The number of amides is 4. The number of imide groups is 1. The summed E-state index contributed by atoms with van der Waals surface area (Å²) in [4.78, 5) is 41.6. The molecule has 3 rings (SSSR count). The number of nitrogens with one attached hydrogen (secondary N) is 1. The van der Waals surface area contributed by atoms with Crippen LogP contribution in [0.25, 0.3) is 0 Å². The largest absolute Gasteiger partial charge is 0.352 e. The Bertz CT molecular complexity index is 815. The molecule has 1 unspecified atom stereocenters. The van der Waals surface area contributed by atoms with Gasteiger partial charge >= 0.3 is 6.03 Å². The van der Waals surface area contributed by atoms with E-state index >= 15 is 0 Å². The fourth-order valence-electron chi connectivity index (χ4n) is 2.79. The van der Waals surface area contributed by atoms with Gasteiger partial charge in [0.25, 0.3) is 0 Å². The van der Waals surface area contributed by atoms with Gasteiger partial charge in [-0.2, -0.15) is 4.99 Å². The van der Waals surface area contributed by atoms with Crippen molar-refractivity contribution in [1.82, 2.24) is 10.2 Å². The maximum atomic E-state index is 12.5. The number of hydrogen-bond donors (Lipinski definition) is 1. The highest BCUT2D eigenvalue weighted by molar-refractivity contribution is 9.11. The van der Waals surface area contributed by atoms with Gasteiger partial charge in [-0.05, 0) is 24.1 Å². The molecular formula is C19H18BrN3O3. The third kappa shape index (κ3) is 4.35. The molecule has 1 heterocycles. The highest BCUT2D eigenvalue weighted by Crippen LogP contribution is 2.25. The minimum atomic E-state index is -0.568. The number of benzene rings is 1. The van der Waals surface area contributed by atoms with E-state index in [-0.39, 0.29) is 24.8 Å². The Hall–Kier alpha value is -2.54. The van der Waals surface area contributed by atoms with Crippen molar-refractivity contribution in [3.63, 3.8) is 0 Å². The van der Waals surface area contributed by atoms with Crippen molar-refractivity contribution in [3.8, 4) is 0 Å². The maximum Gasteiger partial charge on any atom is 0.350 e. The second kappa shape index (κ2) is 8.23. The molecule has 0 fully saturated rings. The number of allylic oxidation sites excluding steroid dienone is 3. The van der Waals surface area contributed by atoms with Crippen LogP contribution in [-0.2, 0) is 16.1 Å². The van der Waals surface area contributed by atoms with Gasteiger partial charge in [-0.3, -0.25) is 14.5 Å². The summed E-state index contributed by atoms with van der Waals surface area (Å²) in [5.74, 6) is -0.955. The van der Waals surface area contributed by atoms with E-state index < -0.39 is 11.9 Å². The highest BCUT2D eigenvalue weighted by Gasteiger charge is 2.36. The van der Waals surface area contributed by atoms with Crippen LogP contribution in [0.5, 0.6) is 0 Å². The van der Waals surface area contributed by atoms with Crippen LogP contribution in [0.4, 0.5) is 4.79 Å². The van der Waals surface area contributed by atoms with Crippen LogP contribution in [0.3, 0.4) is 0 Å². The average molecular weight is 416 g/mol. The summed E-state index contributed by atoms with van der Waals surface area (Å²) in [7, 11) is 0. The van der Waals surface area contributed by atoms with E-state index in [1.54, 1.807) is 18.2 Å². The Morgan fingerprint density at radius 1 is 1.19 bits per heavy atom. The van der Waals surface area contributed by atoms with Gasteiger partial charge in [-0.15, -0.1) is 0 Å². The lowest BCUT2D eigenvalue weighted by Crippen LogP contribution is -2.46. The van der Waals surface area contributed by atoms with E-state index in [9.17, 15) is 14.4 Å². The fraction of sp³-hybridized carbons (Fsp3) is 0.263. The number of rotatable bonds is 6. The smallest absolute Gasteiger partial charge is 0.350 e. The van der Waals surface area contributed by atoms with Gasteiger partial charge in [0, 0.05) is 24.0 Å². The molecule has 6 nitrogen and oxygen atoms in total. The van der Waals surface area contributed by atoms with Gasteiger partial charge in [0.2, 0.25) is 11.8 Å². The Labute approximate surface area is 159 Å². The average Bonchev–Trinajstić information content (AvgIpc) is 2.64. The molecule has 0 spiro atoms. The predicted molar refractivity (Wildman–Crippen MR) is 102 cm³/mol. The molecule has 0 aromatic heterocycles. The molecule has 1 atom stereocenters. The number of carbonyl (C=O) groups is 3. The van der Waals surface area contributed by atoms with Crippen LogP contribution in [-0.4, -0.2) is 35.0 Å². The van der Waals surface area contributed by atoms with Crippen molar-refractivity contribution in [2.24, 2.45) is 10.9 Å². The summed E-state index contributed by atoms with van der Waals surface area (Å²) in [6.07, 6.45) is 5.79. The predicted octanol–water partition coefficient (Wildman–Crippen LogP) is 2.95. The second-order valence-electron chi connectivity index (χ2n) is 6.04. The Balaban J connectivity index is 1.49. The van der Waals surface area contributed by atoms with Gasteiger partial charge in [0.1, 0.15) is 5.92 Å². The molecule has 26 heavy (non-hydrogen) atoms. The lowest BCUT2D eigenvalue weighted by atomic mass is 9.95. The summed E-state index contributed by atoms with van der Waals surface area (Å²) >= 11 is 3.33. The van der Waals surface area contributed by atoms with Crippen LogP contribution in [0.1, 0.15) is 18.4 Å². The van der Waals surface area contributed by atoms with Crippen molar-refractivity contribution in [1.29, 1.82) is 0 Å². The van der Waals surface area contributed by atoms with Gasteiger partial charge in [-0.25, -0.2) is 4.79 Å². The summed E-state index contributed by atoms with van der Waals surface area (Å²) in [5.41, 5.74) is 1.48. The van der Waals surface area contributed by atoms with Crippen LogP contribution in [0.15, 0.2) is 58.0 Å². The molecule has 0 saturated heterocycles. The second-order valence-corrected chi connectivity index (χ2v) is 6.95. The van der Waals surface area contributed by atoms with E-state index in [1.807, 2.05) is 30.3 Å². The zero-order chi connectivity index (χ0) is 18.5. The first-order valence-electron chi connectivity index (χ1n) is 8.34. The first-order chi connectivity index (χ1) is 12.5. The first kappa shape index (κ1) is 18.3. The summed E-state index contributed by atoms with van der Waals surface area (Å²) in [6.45, 7) is 0.640. The molecule has 2 aliphatic rings. The molecule has 0 saturated carbocycles. The molecule has 4 amide bonds. The highest BCUT2D eigenvalue weighted by atomic mass is 79.9. The SMILES string of the molecule is O=C(CCCN1C(=O)N=C2C=CC(Br)=CC2C1=O)NCc1ccccc1. The quantitative estimate of drug-likeness (QED) is 0.775.